The van der Waals surface area contributed by atoms with Gasteiger partial charge in [0.25, 0.3) is 0 Å². The molecule has 0 saturated heterocycles. The van der Waals surface area contributed by atoms with Gasteiger partial charge in [-0.15, -0.1) is 0 Å². The Balaban J connectivity index is 1.49. The van der Waals surface area contributed by atoms with Gasteiger partial charge in [0.05, 0.1) is 19.1 Å². The van der Waals surface area contributed by atoms with Crippen molar-refractivity contribution < 1.29 is 14.4 Å². The lowest BCUT2D eigenvalue weighted by atomic mass is 10.0. The van der Waals surface area contributed by atoms with E-state index in [1.165, 1.54) is 0 Å². The van der Waals surface area contributed by atoms with Crippen LogP contribution in [0.3, 0.4) is 0 Å². The summed E-state index contributed by atoms with van der Waals surface area (Å²) >= 11 is 0. The number of anilines is 1. The van der Waals surface area contributed by atoms with Crippen LogP contribution in [0.25, 0.3) is 0 Å². The van der Waals surface area contributed by atoms with Crippen LogP contribution in [0.1, 0.15) is 29.7 Å². The van der Waals surface area contributed by atoms with Crippen LogP contribution in [0.15, 0.2) is 48.5 Å². The number of amides is 3. The molecule has 2 aromatic rings. The predicted octanol–water partition coefficient (Wildman–Crippen LogP) is 2.67. The first kappa shape index (κ1) is 16.0. The molecule has 6 nitrogen and oxygen atoms in total. The number of fused-ring (bicyclic) bond motifs is 1. The number of hydrogen-bond acceptors (Lipinski definition) is 3. The maximum absolute atomic E-state index is 11.9. The molecule has 1 atom stereocenters. The zero-order valence-corrected chi connectivity index (χ0v) is 13.3. The van der Waals surface area contributed by atoms with Crippen LogP contribution in [0.5, 0.6) is 0 Å². The molecular weight excluding hydrogens is 306 g/mol. The number of nitrogens with one attached hydrogen (secondary N) is 3. The van der Waals surface area contributed by atoms with Gasteiger partial charge in [-0.3, -0.25) is 9.63 Å². The Labute approximate surface area is 140 Å². The summed E-state index contributed by atoms with van der Waals surface area (Å²) in [7, 11) is 0. The van der Waals surface area contributed by atoms with Gasteiger partial charge in [-0.05, 0) is 29.7 Å². The van der Waals surface area contributed by atoms with Crippen LogP contribution < -0.4 is 16.1 Å². The van der Waals surface area contributed by atoms with E-state index in [0.717, 1.165) is 22.4 Å². The number of benzene rings is 2. The van der Waals surface area contributed by atoms with Crippen LogP contribution in [0.4, 0.5) is 10.5 Å². The third-order valence-electron chi connectivity index (χ3n) is 3.85. The molecule has 1 heterocycles. The van der Waals surface area contributed by atoms with Gasteiger partial charge in [-0.2, -0.15) is 0 Å². The molecule has 3 rings (SSSR count). The second-order valence-corrected chi connectivity index (χ2v) is 5.71. The lowest BCUT2D eigenvalue weighted by molar-refractivity contribution is -0.115. The van der Waals surface area contributed by atoms with Gasteiger partial charge in [0.2, 0.25) is 5.91 Å². The molecule has 0 aliphatic carbocycles. The topological polar surface area (TPSA) is 79.5 Å². The van der Waals surface area contributed by atoms with Crippen LogP contribution in [-0.2, 0) is 22.7 Å². The Bertz CT molecular complexity index is 746. The van der Waals surface area contributed by atoms with E-state index in [-0.39, 0.29) is 11.9 Å². The average molecular weight is 325 g/mol. The smallest absolute Gasteiger partial charge is 0.330 e. The van der Waals surface area contributed by atoms with E-state index < -0.39 is 6.03 Å². The molecule has 6 heteroatoms. The third kappa shape index (κ3) is 3.91. The first-order valence-electron chi connectivity index (χ1n) is 7.77. The van der Waals surface area contributed by atoms with E-state index >= 15 is 0 Å². The molecule has 0 radical (unpaired) electrons. The van der Waals surface area contributed by atoms with Crippen molar-refractivity contribution in [3.8, 4) is 0 Å². The maximum Gasteiger partial charge on any atom is 0.339 e. The van der Waals surface area contributed by atoms with E-state index in [0.29, 0.717) is 13.0 Å². The fourth-order valence-corrected chi connectivity index (χ4v) is 2.59. The lowest BCUT2D eigenvalue weighted by Gasteiger charge is -2.16. The molecule has 1 unspecified atom stereocenters. The number of carbonyl (C=O) groups is 2. The Morgan fingerprint density at radius 2 is 2.04 bits per heavy atom. The van der Waals surface area contributed by atoms with Crippen LogP contribution in [0, 0.1) is 0 Å². The Morgan fingerprint density at radius 1 is 1.25 bits per heavy atom. The molecular formula is C18H19N3O3. The third-order valence-corrected chi connectivity index (χ3v) is 3.85. The number of hydroxylamine groups is 1. The van der Waals surface area contributed by atoms with E-state index in [1.54, 1.807) is 0 Å². The summed E-state index contributed by atoms with van der Waals surface area (Å²) in [5.74, 6) is -0.00480. The Hall–Kier alpha value is -2.86. The summed E-state index contributed by atoms with van der Waals surface area (Å²) in [4.78, 5) is 28.5. The Morgan fingerprint density at radius 3 is 2.83 bits per heavy atom. The molecule has 124 valence electrons. The molecule has 0 spiro atoms. The molecule has 3 amide bonds. The molecule has 0 fully saturated rings. The van der Waals surface area contributed by atoms with Crippen molar-refractivity contribution in [3.63, 3.8) is 0 Å². The molecule has 3 N–H and O–H groups in total. The monoisotopic (exact) mass is 325 g/mol. The lowest BCUT2D eigenvalue weighted by Crippen LogP contribution is -2.36. The second-order valence-electron chi connectivity index (χ2n) is 5.71. The highest BCUT2D eigenvalue weighted by Gasteiger charge is 2.19. The summed E-state index contributed by atoms with van der Waals surface area (Å²) in [6.45, 7) is 2.18. The number of hydrogen-bond donors (Lipinski definition) is 3. The van der Waals surface area contributed by atoms with Crippen molar-refractivity contribution in [2.24, 2.45) is 0 Å². The normalized spacial score (nSPS) is 13.8. The van der Waals surface area contributed by atoms with E-state index in [1.807, 2.05) is 55.5 Å². The summed E-state index contributed by atoms with van der Waals surface area (Å²) in [6.07, 6.45) is 0.377. The Kier molecular flexibility index (Phi) is 4.77. The minimum Gasteiger partial charge on any atom is -0.330 e. The molecule has 2 aromatic carbocycles. The van der Waals surface area contributed by atoms with E-state index in [2.05, 4.69) is 16.1 Å². The van der Waals surface area contributed by atoms with Crippen molar-refractivity contribution in [1.82, 2.24) is 10.8 Å². The predicted molar refractivity (Wildman–Crippen MR) is 90.1 cm³/mol. The van der Waals surface area contributed by atoms with Gasteiger partial charge < -0.3 is 10.6 Å². The average Bonchev–Trinajstić information content (AvgIpc) is 2.94. The molecule has 24 heavy (non-hydrogen) atoms. The van der Waals surface area contributed by atoms with Crippen molar-refractivity contribution >= 4 is 17.6 Å². The summed E-state index contributed by atoms with van der Waals surface area (Å²) < 4.78 is 0. The first-order valence-corrected chi connectivity index (χ1v) is 7.77. The van der Waals surface area contributed by atoms with Crippen LogP contribution >= 0.6 is 0 Å². The fraction of sp³-hybridized carbons (Fsp3) is 0.222. The van der Waals surface area contributed by atoms with Gasteiger partial charge in [0.1, 0.15) is 0 Å². The molecule has 1 aliphatic rings. The van der Waals surface area contributed by atoms with Crippen LogP contribution in [-0.4, -0.2) is 11.9 Å². The maximum atomic E-state index is 11.9. The highest BCUT2D eigenvalue weighted by Crippen LogP contribution is 2.26. The fourth-order valence-electron chi connectivity index (χ4n) is 2.59. The van der Waals surface area contributed by atoms with Crippen LogP contribution in [0.2, 0.25) is 0 Å². The van der Waals surface area contributed by atoms with Gasteiger partial charge in [0, 0.05) is 5.69 Å². The zero-order chi connectivity index (χ0) is 16.9. The summed E-state index contributed by atoms with van der Waals surface area (Å²) in [5.41, 5.74) is 6.07. The highest BCUT2D eigenvalue weighted by molar-refractivity contribution is 5.99. The van der Waals surface area contributed by atoms with Crippen molar-refractivity contribution in [2.45, 2.75) is 26.0 Å². The van der Waals surface area contributed by atoms with Crippen molar-refractivity contribution in [1.29, 1.82) is 0 Å². The van der Waals surface area contributed by atoms with Gasteiger partial charge >= 0.3 is 6.03 Å². The summed E-state index contributed by atoms with van der Waals surface area (Å²) in [5, 5.41) is 5.59. The van der Waals surface area contributed by atoms with E-state index in [9.17, 15) is 9.59 Å². The number of urea groups is 1. The first-order chi connectivity index (χ1) is 11.6. The molecule has 0 saturated carbocycles. The minimum atomic E-state index is -0.409. The SMILES string of the molecule is CC(NC(=O)NOCc1ccccc1)c1ccc2c(c1)CC(=O)N2. The van der Waals surface area contributed by atoms with Crippen molar-refractivity contribution in [3.05, 3.63) is 65.2 Å². The number of carbonyl (C=O) groups excluding carboxylic acids is 2. The van der Waals surface area contributed by atoms with Gasteiger partial charge in [-0.25, -0.2) is 10.3 Å². The quantitative estimate of drug-likeness (QED) is 0.740. The molecule has 0 aromatic heterocycles. The van der Waals surface area contributed by atoms with Gasteiger partial charge in [0.15, 0.2) is 0 Å². The second kappa shape index (κ2) is 7.14. The largest absolute Gasteiger partial charge is 0.339 e. The minimum absolute atomic E-state index is 0.00480. The van der Waals surface area contributed by atoms with Crippen molar-refractivity contribution in [2.75, 3.05) is 5.32 Å². The number of rotatable bonds is 5. The van der Waals surface area contributed by atoms with Gasteiger partial charge in [-0.1, -0.05) is 42.5 Å². The van der Waals surface area contributed by atoms with E-state index in [4.69, 9.17) is 4.84 Å². The zero-order valence-electron chi connectivity index (χ0n) is 13.3. The highest BCUT2D eigenvalue weighted by atomic mass is 16.7. The standard InChI is InChI=1S/C18H19N3O3/c1-12(14-7-8-16-15(9-14)10-17(22)20-16)19-18(23)21-24-11-13-5-3-2-4-6-13/h2-9,12H,10-11H2,1H3,(H,20,22)(H2,19,21,23). The molecule has 0 bridgehead atoms. The molecule has 1 aliphatic heterocycles. The summed E-state index contributed by atoms with van der Waals surface area (Å²) in [6, 6.07) is 14.7.